The van der Waals surface area contributed by atoms with Crippen molar-refractivity contribution in [3.8, 4) is 0 Å². The second-order valence-corrected chi connectivity index (χ2v) is 3.91. The summed E-state index contributed by atoms with van der Waals surface area (Å²) in [6.45, 7) is 0.810. The Hall–Kier alpha value is -1.20. The normalized spacial score (nSPS) is 11.0. The minimum atomic E-state index is -0.332. The molecule has 0 amide bonds. The number of halogens is 1. The summed E-state index contributed by atoms with van der Waals surface area (Å²) in [5.74, 6) is -0.332. The zero-order chi connectivity index (χ0) is 10.1. The van der Waals surface area contributed by atoms with E-state index in [0.29, 0.717) is 18.6 Å². The highest BCUT2D eigenvalue weighted by atomic mass is 32.1. The molecule has 3 nitrogen and oxygen atoms in total. The first kappa shape index (κ1) is 9.36. The first-order chi connectivity index (χ1) is 6.72. The van der Waals surface area contributed by atoms with Gasteiger partial charge < -0.3 is 5.73 Å². The molecule has 14 heavy (non-hydrogen) atoms. The van der Waals surface area contributed by atoms with Gasteiger partial charge in [0.2, 0.25) is 0 Å². The van der Waals surface area contributed by atoms with E-state index in [0.717, 1.165) is 16.0 Å². The lowest BCUT2D eigenvalue weighted by atomic mass is 10.3. The molecule has 0 saturated carbocycles. The molecule has 0 spiro atoms. The summed E-state index contributed by atoms with van der Waals surface area (Å²) < 4.78 is 15.2. The maximum Gasteiger partial charge on any atom is 0.308 e. The molecule has 0 radical (unpaired) electrons. The summed E-state index contributed by atoms with van der Waals surface area (Å²) in [6, 6.07) is 4.33. The fourth-order valence-electron chi connectivity index (χ4n) is 1.38. The van der Waals surface area contributed by atoms with Crippen LogP contribution >= 0.6 is 11.3 Å². The maximum atomic E-state index is 12.9. The molecule has 0 bridgehead atoms. The Bertz CT molecular complexity index is 517. The van der Waals surface area contributed by atoms with Crippen LogP contribution in [0.2, 0.25) is 0 Å². The van der Waals surface area contributed by atoms with Crippen LogP contribution in [0.5, 0.6) is 0 Å². The third-order valence-corrected chi connectivity index (χ3v) is 2.94. The number of fused-ring (bicyclic) bond motifs is 1. The second-order valence-electron chi connectivity index (χ2n) is 2.92. The van der Waals surface area contributed by atoms with Gasteiger partial charge in [-0.1, -0.05) is 11.3 Å². The van der Waals surface area contributed by atoms with Crippen LogP contribution in [-0.2, 0) is 6.54 Å². The van der Waals surface area contributed by atoms with Crippen LogP contribution in [0.15, 0.2) is 23.0 Å². The monoisotopic (exact) mass is 212 g/mol. The van der Waals surface area contributed by atoms with E-state index >= 15 is 0 Å². The van der Waals surface area contributed by atoms with E-state index in [9.17, 15) is 9.18 Å². The lowest BCUT2D eigenvalue weighted by molar-refractivity contribution is 0.627. The van der Waals surface area contributed by atoms with Gasteiger partial charge in [-0.05, 0) is 18.2 Å². The molecule has 1 aromatic heterocycles. The molecular weight excluding hydrogens is 203 g/mol. The van der Waals surface area contributed by atoms with Gasteiger partial charge in [-0.2, -0.15) is 0 Å². The largest absolute Gasteiger partial charge is 0.329 e. The number of thiazole rings is 1. The SMILES string of the molecule is NCCn1c(=O)sc2ccc(F)cc21. The number of nitrogens with two attached hydrogens (primary N) is 1. The van der Waals surface area contributed by atoms with Gasteiger partial charge in [-0.3, -0.25) is 9.36 Å². The van der Waals surface area contributed by atoms with E-state index in [1.807, 2.05) is 0 Å². The van der Waals surface area contributed by atoms with Crippen molar-refractivity contribution in [3.63, 3.8) is 0 Å². The van der Waals surface area contributed by atoms with Crippen molar-refractivity contribution in [1.29, 1.82) is 0 Å². The van der Waals surface area contributed by atoms with Crippen LogP contribution in [0.4, 0.5) is 4.39 Å². The predicted molar refractivity (Wildman–Crippen MR) is 55.1 cm³/mol. The van der Waals surface area contributed by atoms with E-state index in [-0.39, 0.29) is 10.7 Å². The van der Waals surface area contributed by atoms with Crippen molar-refractivity contribution in [1.82, 2.24) is 4.57 Å². The maximum absolute atomic E-state index is 12.9. The summed E-state index contributed by atoms with van der Waals surface area (Å²) >= 11 is 1.11. The van der Waals surface area contributed by atoms with Gasteiger partial charge in [0, 0.05) is 13.1 Å². The van der Waals surface area contributed by atoms with Crippen molar-refractivity contribution >= 4 is 21.6 Å². The summed E-state index contributed by atoms with van der Waals surface area (Å²) in [4.78, 5) is 11.4. The number of nitrogens with zero attached hydrogens (tertiary/aromatic N) is 1. The van der Waals surface area contributed by atoms with Crippen LogP contribution < -0.4 is 10.6 Å². The van der Waals surface area contributed by atoms with E-state index in [1.165, 1.54) is 16.7 Å². The number of hydrogen-bond acceptors (Lipinski definition) is 3. The van der Waals surface area contributed by atoms with Crippen molar-refractivity contribution in [2.75, 3.05) is 6.54 Å². The molecule has 1 heterocycles. The Morgan fingerprint density at radius 2 is 2.29 bits per heavy atom. The highest BCUT2D eigenvalue weighted by molar-refractivity contribution is 7.16. The highest BCUT2D eigenvalue weighted by Gasteiger charge is 2.06. The van der Waals surface area contributed by atoms with Crippen LogP contribution in [-0.4, -0.2) is 11.1 Å². The third kappa shape index (κ3) is 1.44. The Balaban J connectivity index is 2.73. The van der Waals surface area contributed by atoms with Crippen molar-refractivity contribution in [3.05, 3.63) is 33.7 Å². The number of aromatic nitrogens is 1. The molecule has 0 aliphatic heterocycles. The van der Waals surface area contributed by atoms with Crippen LogP contribution in [0.25, 0.3) is 10.2 Å². The average molecular weight is 212 g/mol. The van der Waals surface area contributed by atoms with E-state index in [1.54, 1.807) is 6.07 Å². The van der Waals surface area contributed by atoms with Gasteiger partial charge in [-0.15, -0.1) is 0 Å². The molecule has 74 valence electrons. The molecule has 0 aliphatic rings. The van der Waals surface area contributed by atoms with Crippen molar-refractivity contribution < 1.29 is 4.39 Å². The quantitative estimate of drug-likeness (QED) is 0.812. The molecular formula is C9H9FN2OS. The van der Waals surface area contributed by atoms with Crippen LogP contribution in [0, 0.1) is 5.82 Å². The number of benzene rings is 1. The molecule has 0 atom stereocenters. The van der Waals surface area contributed by atoms with Gasteiger partial charge in [0.05, 0.1) is 10.2 Å². The van der Waals surface area contributed by atoms with Gasteiger partial charge in [-0.25, -0.2) is 4.39 Å². The highest BCUT2D eigenvalue weighted by Crippen LogP contribution is 2.17. The van der Waals surface area contributed by atoms with Gasteiger partial charge >= 0.3 is 4.87 Å². The molecule has 0 unspecified atom stereocenters. The Morgan fingerprint density at radius 3 is 3.00 bits per heavy atom. The lowest BCUT2D eigenvalue weighted by Crippen LogP contribution is -2.18. The summed E-state index contributed by atoms with van der Waals surface area (Å²) in [6.07, 6.45) is 0. The first-order valence-corrected chi connectivity index (χ1v) is 5.03. The van der Waals surface area contributed by atoms with E-state index in [2.05, 4.69) is 0 Å². The fraction of sp³-hybridized carbons (Fsp3) is 0.222. The molecule has 0 saturated heterocycles. The minimum absolute atomic E-state index is 0.0870. The van der Waals surface area contributed by atoms with Crippen LogP contribution in [0.1, 0.15) is 0 Å². The van der Waals surface area contributed by atoms with Crippen molar-refractivity contribution in [2.45, 2.75) is 6.54 Å². The molecule has 0 fully saturated rings. The minimum Gasteiger partial charge on any atom is -0.329 e. The molecule has 0 aliphatic carbocycles. The smallest absolute Gasteiger partial charge is 0.308 e. The summed E-state index contributed by atoms with van der Waals surface area (Å²) in [7, 11) is 0. The summed E-state index contributed by atoms with van der Waals surface area (Å²) in [5, 5.41) is 0. The van der Waals surface area contributed by atoms with Gasteiger partial charge in [0.1, 0.15) is 5.82 Å². The number of hydrogen-bond donors (Lipinski definition) is 1. The molecule has 2 aromatic rings. The Kier molecular flexibility index (Phi) is 2.35. The third-order valence-electron chi connectivity index (χ3n) is 1.98. The zero-order valence-corrected chi connectivity index (χ0v) is 8.18. The van der Waals surface area contributed by atoms with E-state index < -0.39 is 0 Å². The van der Waals surface area contributed by atoms with Crippen molar-refractivity contribution in [2.24, 2.45) is 5.73 Å². The first-order valence-electron chi connectivity index (χ1n) is 4.21. The molecule has 1 aromatic carbocycles. The Labute approximate surface area is 83.6 Å². The lowest BCUT2D eigenvalue weighted by Gasteiger charge is -1.99. The zero-order valence-electron chi connectivity index (χ0n) is 7.37. The Morgan fingerprint density at radius 1 is 1.50 bits per heavy atom. The van der Waals surface area contributed by atoms with Gasteiger partial charge in [0.15, 0.2) is 0 Å². The van der Waals surface area contributed by atoms with Gasteiger partial charge in [0.25, 0.3) is 0 Å². The van der Waals surface area contributed by atoms with E-state index in [4.69, 9.17) is 5.73 Å². The number of rotatable bonds is 2. The molecule has 2 rings (SSSR count). The average Bonchev–Trinajstić information content (AvgIpc) is 2.45. The predicted octanol–water partition coefficient (Wildman–Crippen LogP) is 1.16. The summed E-state index contributed by atoms with van der Waals surface area (Å²) in [5.41, 5.74) is 6.00. The fourth-order valence-corrected chi connectivity index (χ4v) is 2.27. The molecule has 5 heteroatoms. The second kappa shape index (κ2) is 3.51. The standard InChI is InChI=1S/C9H9FN2OS/c10-6-1-2-8-7(5-6)12(4-3-11)9(13)14-8/h1-2,5H,3-4,11H2. The topological polar surface area (TPSA) is 48.0 Å². The molecule has 2 N–H and O–H groups in total. The van der Waals surface area contributed by atoms with Crippen LogP contribution in [0.3, 0.4) is 0 Å².